The summed E-state index contributed by atoms with van der Waals surface area (Å²) in [5.41, 5.74) is 6.13. The number of aliphatic hydroxyl groups excluding tert-OH is 1. The summed E-state index contributed by atoms with van der Waals surface area (Å²) < 4.78 is 6.07. The summed E-state index contributed by atoms with van der Waals surface area (Å²) >= 11 is 0. The van der Waals surface area contributed by atoms with Crippen molar-refractivity contribution in [1.82, 2.24) is 4.90 Å². The molecule has 0 radical (unpaired) electrons. The molecule has 0 aliphatic carbocycles. The minimum absolute atomic E-state index is 0.0105. The van der Waals surface area contributed by atoms with Crippen molar-refractivity contribution in [2.75, 3.05) is 7.05 Å². The summed E-state index contributed by atoms with van der Waals surface area (Å²) in [4.78, 5) is 14.9. The molecule has 0 bridgehead atoms. The zero-order valence-electron chi connectivity index (χ0n) is 18.4. The van der Waals surface area contributed by atoms with Crippen molar-refractivity contribution in [2.24, 2.45) is 0 Å². The third-order valence-electron chi connectivity index (χ3n) is 5.23. The number of aliphatic hydroxyl groups is 1. The zero-order valence-corrected chi connectivity index (χ0v) is 18.4. The van der Waals surface area contributed by atoms with Gasteiger partial charge in [-0.05, 0) is 53.8 Å². The average Bonchev–Trinajstić information content (AvgIpc) is 2.78. The molecule has 3 rings (SSSR count). The van der Waals surface area contributed by atoms with Gasteiger partial charge in [-0.15, -0.1) is 0 Å². The van der Waals surface area contributed by atoms with Gasteiger partial charge in [0.05, 0.1) is 6.61 Å². The highest BCUT2D eigenvalue weighted by atomic mass is 16.5. The first-order valence-corrected chi connectivity index (χ1v) is 10.3. The second kappa shape index (κ2) is 10.1. The fraction of sp³-hybridized carbons (Fsp3) is 0.222. The van der Waals surface area contributed by atoms with Crippen LogP contribution in [0.3, 0.4) is 0 Å². The van der Waals surface area contributed by atoms with Crippen molar-refractivity contribution >= 4 is 11.5 Å². The molecule has 160 valence electrons. The number of rotatable bonds is 8. The van der Waals surface area contributed by atoms with Crippen molar-refractivity contribution < 1.29 is 14.6 Å². The predicted octanol–water partition coefficient (Wildman–Crippen LogP) is 5.37. The van der Waals surface area contributed by atoms with E-state index in [0.717, 1.165) is 39.1 Å². The Hall–Kier alpha value is -3.37. The van der Waals surface area contributed by atoms with Crippen LogP contribution < -0.4 is 4.74 Å². The lowest BCUT2D eigenvalue weighted by molar-refractivity contribution is 0.0784. The van der Waals surface area contributed by atoms with E-state index >= 15 is 0 Å². The van der Waals surface area contributed by atoms with Crippen LogP contribution >= 0.6 is 0 Å². The second-order valence-corrected chi connectivity index (χ2v) is 7.85. The number of carbonyl (C=O) groups excluding carboxylic acids is 1. The fourth-order valence-corrected chi connectivity index (χ4v) is 3.40. The Morgan fingerprint density at radius 1 is 0.968 bits per heavy atom. The molecule has 0 aliphatic rings. The first kappa shape index (κ1) is 22.3. The Balaban J connectivity index is 1.80. The van der Waals surface area contributed by atoms with Crippen molar-refractivity contribution in [3.8, 4) is 5.75 Å². The van der Waals surface area contributed by atoms with Crippen LogP contribution in [0.5, 0.6) is 5.75 Å². The lowest BCUT2D eigenvalue weighted by Crippen LogP contribution is -2.27. The smallest absolute Gasteiger partial charge is 0.254 e. The first-order valence-electron chi connectivity index (χ1n) is 10.3. The normalized spacial score (nSPS) is 10.6. The molecule has 0 spiro atoms. The van der Waals surface area contributed by atoms with E-state index in [1.54, 1.807) is 11.9 Å². The standard InChI is InChI=1S/C27H29NO3/c1-19(2)24-15-25(20(3)14-26(24)31-18-23-8-6-5-7-9-23)27(30)28(4)16-21-10-12-22(17-29)13-11-21/h5-15,29H,1,16-18H2,2-4H3. The molecule has 3 aromatic rings. The third kappa shape index (κ3) is 5.62. The Bertz CT molecular complexity index is 1060. The van der Waals surface area contributed by atoms with E-state index in [2.05, 4.69) is 6.58 Å². The number of allylic oxidation sites excluding steroid dienone is 1. The van der Waals surface area contributed by atoms with Gasteiger partial charge in [0.2, 0.25) is 0 Å². The Morgan fingerprint density at radius 2 is 1.61 bits per heavy atom. The minimum atomic E-state index is -0.0548. The van der Waals surface area contributed by atoms with Gasteiger partial charge in [-0.25, -0.2) is 0 Å². The van der Waals surface area contributed by atoms with E-state index in [1.165, 1.54) is 0 Å². The molecule has 4 nitrogen and oxygen atoms in total. The minimum Gasteiger partial charge on any atom is -0.488 e. The number of benzene rings is 3. The Morgan fingerprint density at radius 3 is 2.23 bits per heavy atom. The largest absolute Gasteiger partial charge is 0.488 e. The van der Waals surface area contributed by atoms with Gasteiger partial charge in [0, 0.05) is 24.7 Å². The summed E-state index contributed by atoms with van der Waals surface area (Å²) in [7, 11) is 1.79. The monoisotopic (exact) mass is 415 g/mol. The van der Waals surface area contributed by atoms with Gasteiger partial charge in [-0.3, -0.25) is 4.79 Å². The summed E-state index contributed by atoms with van der Waals surface area (Å²) in [6.07, 6.45) is 0. The third-order valence-corrected chi connectivity index (χ3v) is 5.23. The zero-order chi connectivity index (χ0) is 22.4. The first-order chi connectivity index (χ1) is 14.9. The summed E-state index contributed by atoms with van der Waals surface area (Å²) in [6, 6.07) is 21.4. The molecule has 3 aromatic carbocycles. The maximum atomic E-state index is 13.2. The molecule has 0 heterocycles. The summed E-state index contributed by atoms with van der Waals surface area (Å²) in [6.45, 7) is 8.87. The fourth-order valence-electron chi connectivity index (χ4n) is 3.40. The van der Waals surface area contributed by atoms with Crippen molar-refractivity contribution in [3.63, 3.8) is 0 Å². The molecule has 0 unspecified atom stereocenters. The van der Waals surface area contributed by atoms with E-state index < -0.39 is 0 Å². The number of hydrogen-bond acceptors (Lipinski definition) is 3. The highest BCUT2D eigenvalue weighted by molar-refractivity contribution is 5.96. The quantitative estimate of drug-likeness (QED) is 0.538. The van der Waals surface area contributed by atoms with Crippen LogP contribution in [0, 0.1) is 6.92 Å². The van der Waals surface area contributed by atoms with E-state index in [9.17, 15) is 9.90 Å². The number of nitrogens with zero attached hydrogens (tertiary/aromatic N) is 1. The van der Waals surface area contributed by atoms with Crippen LogP contribution in [-0.4, -0.2) is 23.0 Å². The molecule has 0 atom stereocenters. The van der Waals surface area contributed by atoms with Gasteiger partial charge in [0.25, 0.3) is 5.91 Å². The van der Waals surface area contributed by atoms with Crippen LogP contribution in [-0.2, 0) is 19.8 Å². The molecular formula is C27H29NO3. The highest BCUT2D eigenvalue weighted by Gasteiger charge is 2.18. The van der Waals surface area contributed by atoms with E-state index in [-0.39, 0.29) is 12.5 Å². The lowest BCUT2D eigenvalue weighted by Gasteiger charge is -2.21. The molecule has 31 heavy (non-hydrogen) atoms. The maximum Gasteiger partial charge on any atom is 0.254 e. The van der Waals surface area contributed by atoms with Crippen molar-refractivity contribution in [3.05, 3.63) is 107 Å². The van der Waals surface area contributed by atoms with Gasteiger partial charge in [-0.2, -0.15) is 0 Å². The molecule has 0 fully saturated rings. The molecular weight excluding hydrogens is 386 g/mol. The topological polar surface area (TPSA) is 49.8 Å². The van der Waals surface area contributed by atoms with Gasteiger partial charge in [-0.1, -0.05) is 61.2 Å². The van der Waals surface area contributed by atoms with Crippen LogP contribution in [0.15, 0.2) is 73.3 Å². The number of hydrogen-bond donors (Lipinski definition) is 1. The SMILES string of the molecule is C=C(C)c1cc(C(=O)N(C)Cc2ccc(CO)cc2)c(C)cc1OCc1ccccc1. The average molecular weight is 416 g/mol. The maximum absolute atomic E-state index is 13.2. The molecule has 0 aliphatic heterocycles. The Kier molecular flexibility index (Phi) is 7.27. The highest BCUT2D eigenvalue weighted by Crippen LogP contribution is 2.30. The molecule has 4 heteroatoms. The van der Waals surface area contributed by atoms with E-state index in [0.29, 0.717) is 18.7 Å². The number of amides is 1. The van der Waals surface area contributed by atoms with E-state index in [1.807, 2.05) is 80.6 Å². The van der Waals surface area contributed by atoms with Crippen LogP contribution in [0.4, 0.5) is 0 Å². The van der Waals surface area contributed by atoms with Crippen molar-refractivity contribution in [2.45, 2.75) is 33.6 Å². The lowest BCUT2D eigenvalue weighted by atomic mass is 9.99. The molecule has 0 aromatic heterocycles. The molecule has 0 saturated carbocycles. The Labute approximate surface area is 184 Å². The van der Waals surface area contributed by atoms with Gasteiger partial charge >= 0.3 is 0 Å². The molecule has 1 amide bonds. The van der Waals surface area contributed by atoms with Crippen LogP contribution in [0.1, 0.15) is 45.1 Å². The predicted molar refractivity (Wildman–Crippen MR) is 125 cm³/mol. The molecule has 1 N–H and O–H groups in total. The second-order valence-electron chi connectivity index (χ2n) is 7.85. The summed E-state index contributed by atoms with van der Waals surface area (Å²) in [5, 5.41) is 9.19. The molecule has 0 saturated heterocycles. The summed E-state index contributed by atoms with van der Waals surface area (Å²) in [5.74, 6) is 0.675. The van der Waals surface area contributed by atoms with Gasteiger partial charge in [0.1, 0.15) is 12.4 Å². The number of carbonyl (C=O) groups is 1. The number of aryl methyl sites for hydroxylation is 1. The van der Waals surface area contributed by atoms with E-state index in [4.69, 9.17) is 4.74 Å². The van der Waals surface area contributed by atoms with Crippen LogP contribution in [0.25, 0.3) is 5.57 Å². The number of ether oxygens (including phenoxy) is 1. The van der Waals surface area contributed by atoms with Gasteiger partial charge in [0.15, 0.2) is 0 Å². The van der Waals surface area contributed by atoms with Crippen molar-refractivity contribution in [1.29, 1.82) is 0 Å². The van der Waals surface area contributed by atoms with Gasteiger partial charge < -0.3 is 14.7 Å². The van der Waals surface area contributed by atoms with Crippen LogP contribution in [0.2, 0.25) is 0 Å².